The van der Waals surface area contributed by atoms with E-state index in [2.05, 4.69) is 47.2 Å². The molecule has 1 aromatic carbocycles. The maximum Gasteiger partial charge on any atom is 0.406 e. The first-order valence-electron chi connectivity index (χ1n) is 20.0. The Labute approximate surface area is 346 Å². The van der Waals surface area contributed by atoms with Crippen LogP contribution in [0.4, 0.5) is 9.59 Å². The van der Waals surface area contributed by atoms with Gasteiger partial charge in [-0.3, -0.25) is 24.5 Å². The van der Waals surface area contributed by atoms with Gasteiger partial charge in [0.25, 0.3) is 5.91 Å². The molecule has 6 amide bonds. The zero-order valence-corrected chi connectivity index (χ0v) is 34.8. The molecule has 0 aromatic heterocycles. The number of azide groups is 1. The summed E-state index contributed by atoms with van der Waals surface area (Å²) in [5.41, 5.74) is 15.3. The molecule has 0 unspecified atom stereocenters. The van der Waals surface area contributed by atoms with Gasteiger partial charge in [-0.1, -0.05) is 31.1 Å². The molecule has 59 heavy (non-hydrogen) atoms. The van der Waals surface area contributed by atoms with E-state index in [0.29, 0.717) is 77.2 Å². The molecule has 1 aromatic rings. The number of carbonyl (C=O) groups is 6. The Balaban J connectivity index is 2.24. The molecule has 0 aliphatic rings. The van der Waals surface area contributed by atoms with E-state index >= 15 is 0 Å². The van der Waals surface area contributed by atoms with Crippen molar-refractivity contribution in [1.82, 2.24) is 37.2 Å². The van der Waals surface area contributed by atoms with Gasteiger partial charge in [-0.2, -0.15) is 0 Å². The normalized spacial score (nSPS) is 11.8. The van der Waals surface area contributed by atoms with Crippen LogP contribution >= 0.6 is 0 Å². The number of unbranched alkanes of at least 4 members (excludes halogenated alkanes) is 2. The molecular formula is C38H65N11O10. The third-order valence-corrected chi connectivity index (χ3v) is 8.44. The number of carbonyl (C=O) groups excluding carboxylic acids is 6. The van der Waals surface area contributed by atoms with Gasteiger partial charge in [0.2, 0.25) is 17.7 Å². The molecule has 0 bridgehead atoms. The Hall–Kier alpha value is -5.21. The molecule has 21 nitrogen and oxygen atoms in total. The first-order valence-corrected chi connectivity index (χ1v) is 20.0. The number of nitrogens with zero attached hydrogens (tertiary/aromatic N) is 3. The Morgan fingerprint density at radius 2 is 1.56 bits per heavy atom. The SMILES string of the molecule is CNC(=O)OCC(COC(=O)NC)OCCCC(=O)NCCOCCCCNCN[C@@H](CC(C)C)C(=O)N[C@@H](CCCCNC(=O)c1cccc(CN=[N+]=[N-])c1)C(N)=O. The smallest absolute Gasteiger partial charge is 0.406 e. The fourth-order valence-electron chi connectivity index (χ4n) is 5.31. The Morgan fingerprint density at radius 1 is 0.847 bits per heavy atom. The van der Waals surface area contributed by atoms with E-state index in [4.69, 9.17) is 30.2 Å². The van der Waals surface area contributed by atoms with Crippen molar-refractivity contribution in [3.63, 3.8) is 0 Å². The van der Waals surface area contributed by atoms with E-state index in [1.165, 1.54) is 14.1 Å². The maximum atomic E-state index is 13.2. The molecule has 9 N–H and O–H groups in total. The highest BCUT2D eigenvalue weighted by atomic mass is 16.6. The van der Waals surface area contributed by atoms with Crippen LogP contribution in [0, 0.1) is 5.92 Å². The largest absolute Gasteiger partial charge is 0.447 e. The lowest BCUT2D eigenvalue weighted by molar-refractivity contribution is -0.129. The number of nitrogens with two attached hydrogens (primary N) is 1. The van der Waals surface area contributed by atoms with Crippen LogP contribution in [0.5, 0.6) is 0 Å². The van der Waals surface area contributed by atoms with Gasteiger partial charge in [0.15, 0.2) is 0 Å². The number of alkyl carbamates (subject to hydrolysis) is 2. The molecule has 0 heterocycles. The van der Waals surface area contributed by atoms with E-state index in [-0.39, 0.29) is 56.4 Å². The van der Waals surface area contributed by atoms with Crippen LogP contribution in [0.15, 0.2) is 29.4 Å². The first-order chi connectivity index (χ1) is 28.4. The van der Waals surface area contributed by atoms with Crippen LogP contribution in [0.2, 0.25) is 0 Å². The van der Waals surface area contributed by atoms with Crippen molar-refractivity contribution in [3.8, 4) is 0 Å². The zero-order chi connectivity index (χ0) is 43.7. The summed E-state index contributed by atoms with van der Waals surface area (Å²) in [4.78, 5) is 75.4. The van der Waals surface area contributed by atoms with Crippen molar-refractivity contribution in [2.24, 2.45) is 16.8 Å². The monoisotopic (exact) mass is 835 g/mol. The summed E-state index contributed by atoms with van der Waals surface area (Å²) in [6.45, 7) is 6.79. The third-order valence-electron chi connectivity index (χ3n) is 8.44. The average Bonchev–Trinajstić information content (AvgIpc) is 3.22. The van der Waals surface area contributed by atoms with Gasteiger partial charge in [0.05, 0.1) is 19.2 Å². The Bertz CT molecular complexity index is 1440. The van der Waals surface area contributed by atoms with Gasteiger partial charge in [0.1, 0.15) is 25.4 Å². The van der Waals surface area contributed by atoms with Crippen molar-refractivity contribution >= 4 is 35.8 Å². The highest BCUT2D eigenvalue weighted by Crippen LogP contribution is 2.09. The Kier molecular flexibility index (Phi) is 28.7. The molecule has 332 valence electrons. The topological polar surface area (TPSA) is 298 Å². The van der Waals surface area contributed by atoms with Gasteiger partial charge in [-0.15, -0.1) is 0 Å². The van der Waals surface area contributed by atoms with Gasteiger partial charge in [0, 0.05) is 64.0 Å². The van der Waals surface area contributed by atoms with Gasteiger partial charge in [-0.25, -0.2) is 9.59 Å². The summed E-state index contributed by atoms with van der Waals surface area (Å²) < 4.78 is 21.2. The zero-order valence-electron chi connectivity index (χ0n) is 34.8. The molecule has 0 aliphatic carbocycles. The molecule has 0 radical (unpaired) electrons. The van der Waals surface area contributed by atoms with Crippen LogP contribution in [0.25, 0.3) is 10.4 Å². The average molecular weight is 836 g/mol. The summed E-state index contributed by atoms with van der Waals surface area (Å²) in [5.74, 6) is -1.15. The fourth-order valence-corrected chi connectivity index (χ4v) is 5.31. The van der Waals surface area contributed by atoms with E-state index in [1.54, 1.807) is 24.3 Å². The number of rotatable bonds is 33. The second-order valence-corrected chi connectivity index (χ2v) is 13.8. The summed E-state index contributed by atoms with van der Waals surface area (Å²) in [6.07, 6.45) is 2.27. The predicted octanol–water partition coefficient (Wildman–Crippen LogP) is 1.71. The van der Waals surface area contributed by atoms with Crippen LogP contribution < -0.4 is 43.0 Å². The van der Waals surface area contributed by atoms with E-state index in [9.17, 15) is 28.8 Å². The highest BCUT2D eigenvalue weighted by Gasteiger charge is 2.24. The van der Waals surface area contributed by atoms with E-state index in [0.717, 1.165) is 18.4 Å². The van der Waals surface area contributed by atoms with Crippen molar-refractivity contribution in [3.05, 3.63) is 45.8 Å². The Morgan fingerprint density at radius 3 is 2.22 bits per heavy atom. The van der Waals surface area contributed by atoms with Crippen LogP contribution in [0.3, 0.4) is 0 Å². The van der Waals surface area contributed by atoms with Crippen molar-refractivity contribution in [2.75, 3.05) is 73.4 Å². The van der Waals surface area contributed by atoms with Gasteiger partial charge >= 0.3 is 12.2 Å². The summed E-state index contributed by atoms with van der Waals surface area (Å²) in [7, 11) is 2.84. The molecule has 0 saturated carbocycles. The van der Waals surface area contributed by atoms with Gasteiger partial charge < -0.3 is 56.6 Å². The lowest BCUT2D eigenvalue weighted by atomic mass is 10.0. The predicted molar refractivity (Wildman–Crippen MR) is 219 cm³/mol. The summed E-state index contributed by atoms with van der Waals surface area (Å²) in [5, 5.41) is 23.1. The number of amides is 6. The minimum absolute atomic E-state index is 0.123. The minimum atomic E-state index is -0.848. The lowest BCUT2D eigenvalue weighted by Crippen LogP contribution is -2.53. The number of hydrogen-bond donors (Lipinski definition) is 8. The van der Waals surface area contributed by atoms with Crippen LogP contribution in [-0.4, -0.2) is 127 Å². The van der Waals surface area contributed by atoms with Crippen LogP contribution in [-0.2, 0) is 39.9 Å². The number of ether oxygens (including phenoxy) is 4. The van der Waals surface area contributed by atoms with E-state index in [1.807, 2.05) is 13.8 Å². The molecule has 2 atom stereocenters. The summed E-state index contributed by atoms with van der Waals surface area (Å²) in [6, 6.07) is 5.44. The van der Waals surface area contributed by atoms with Crippen molar-refractivity contribution in [1.29, 1.82) is 0 Å². The molecule has 0 aliphatic heterocycles. The number of hydrogen-bond acceptors (Lipinski definition) is 13. The molecular weight excluding hydrogens is 770 g/mol. The van der Waals surface area contributed by atoms with Crippen molar-refractivity contribution < 1.29 is 47.7 Å². The van der Waals surface area contributed by atoms with Gasteiger partial charge in [-0.05, 0) is 80.6 Å². The number of nitrogens with one attached hydrogen (secondary N) is 7. The molecule has 1 rings (SSSR count). The fraction of sp³-hybridized carbons (Fsp3) is 0.684. The van der Waals surface area contributed by atoms with Crippen LogP contribution in [0.1, 0.15) is 81.1 Å². The lowest BCUT2D eigenvalue weighted by Gasteiger charge is -2.23. The maximum absolute atomic E-state index is 13.2. The summed E-state index contributed by atoms with van der Waals surface area (Å²) >= 11 is 0. The molecule has 0 spiro atoms. The number of primary amides is 1. The molecule has 21 heteroatoms. The molecule has 0 saturated heterocycles. The van der Waals surface area contributed by atoms with Crippen molar-refractivity contribution in [2.45, 2.75) is 89.9 Å². The first kappa shape index (κ1) is 51.8. The second kappa shape index (κ2) is 32.7. The highest BCUT2D eigenvalue weighted by molar-refractivity contribution is 5.94. The quantitative estimate of drug-likeness (QED) is 0.0165. The molecule has 0 fully saturated rings. The van der Waals surface area contributed by atoms with E-state index < -0.39 is 36.3 Å². The second-order valence-electron chi connectivity index (χ2n) is 13.8. The standard InChI is InChI=1S/C38H65N11O10/c1-27(2)21-32(36(53)48-31(34(39)51)13-5-6-16-45-35(52)29-12-9-11-28(22-29)23-47-49-40)46-26-43-15-7-8-18-56-20-17-44-33(50)14-10-19-57-30(24-58-37(54)41-3)25-59-38(55)42-4/h9,11-12,22,27,30-32,43,46H,5-8,10,13-21,23-26H2,1-4H3,(H2,39,51)(H,41,54)(H,42,55)(H,44,50)(H,45,52)(H,48,53)/t31-,32-/m0/s1. The number of benzene rings is 1. The minimum Gasteiger partial charge on any atom is -0.447 e. The third kappa shape index (κ3) is 26.4.